The molecule has 0 spiro atoms. The fourth-order valence-corrected chi connectivity index (χ4v) is 3.40. The molecule has 0 aromatic rings. The third kappa shape index (κ3) is 6.13. The first-order chi connectivity index (χ1) is 11.0. The maximum Gasteiger partial charge on any atom is 0.323 e. The molecule has 1 saturated carbocycles. The smallest absolute Gasteiger partial charge is 0.323 e. The first-order valence-corrected chi connectivity index (χ1v) is 9.21. The molecule has 0 radical (unpaired) electrons. The van der Waals surface area contributed by atoms with E-state index in [1.165, 1.54) is 19.3 Å². The van der Waals surface area contributed by atoms with E-state index in [0.29, 0.717) is 25.6 Å². The van der Waals surface area contributed by atoms with Crippen LogP contribution in [0.1, 0.15) is 65.7 Å². The molecule has 0 N–H and O–H groups in total. The molecule has 0 heterocycles. The van der Waals surface area contributed by atoms with Crippen LogP contribution in [0.3, 0.4) is 0 Å². The van der Waals surface area contributed by atoms with Crippen molar-refractivity contribution in [3.63, 3.8) is 0 Å². The number of carbonyl (C=O) groups excluding carboxylic acids is 2. The molecule has 1 aliphatic rings. The van der Waals surface area contributed by atoms with Crippen molar-refractivity contribution in [1.82, 2.24) is 9.80 Å². The van der Waals surface area contributed by atoms with Crippen LogP contribution in [0.5, 0.6) is 0 Å². The van der Waals surface area contributed by atoms with Crippen molar-refractivity contribution >= 4 is 11.9 Å². The molecule has 0 saturated heterocycles. The summed E-state index contributed by atoms with van der Waals surface area (Å²) in [6.07, 6.45) is 7.48. The van der Waals surface area contributed by atoms with E-state index in [1.54, 1.807) is 0 Å². The molecule has 0 aliphatic heterocycles. The number of ether oxygens (including phenoxy) is 1. The van der Waals surface area contributed by atoms with Crippen LogP contribution in [-0.4, -0.2) is 60.5 Å². The summed E-state index contributed by atoms with van der Waals surface area (Å²) < 4.78 is 5.18. The molecule has 0 unspecified atom stereocenters. The van der Waals surface area contributed by atoms with Gasteiger partial charge in [-0.05, 0) is 39.2 Å². The molecule has 134 valence electrons. The van der Waals surface area contributed by atoms with Crippen LogP contribution < -0.4 is 0 Å². The molecule has 0 aromatic carbocycles. The summed E-state index contributed by atoms with van der Waals surface area (Å²) in [6, 6.07) is 0.0426. The Hall–Kier alpha value is -1.10. The molecular weight excluding hydrogens is 292 g/mol. The van der Waals surface area contributed by atoms with Gasteiger partial charge in [-0.25, -0.2) is 0 Å². The van der Waals surface area contributed by atoms with Crippen molar-refractivity contribution in [1.29, 1.82) is 0 Å². The number of likely N-dealkylation sites (N-methyl/N-ethyl adjacent to an activating group) is 1. The summed E-state index contributed by atoms with van der Waals surface area (Å²) in [5.41, 5.74) is 0. The Bertz CT molecular complexity index is 367. The van der Waals surface area contributed by atoms with Crippen LogP contribution in [0.4, 0.5) is 0 Å². The van der Waals surface area contributed by atoms with Gasteiger partial charge in [-0.3, -0.25) is 14.5 Å². The van der Waals surface area contributed by atoms with Gasteiger partial charge in [0.1, 0.15) is 6.04 Å². The number of amides is 1. The van der Waals surface area contributed by atoms with Gasteiger partial charge in [0.25, 0.3) is 0 Å². The fourth-order valence-electron chi connectivity index (χ4n) is 3.40. The fraction of sp³-hybridized carbons (Fsp3) is 0.889. The lowest BCUT2D eigenvalue weighted by Gasteiger charge is -2.34. The minimum absolute atomic E-state index is 0.119. The highest BCUT2D eigenvalue weighted by Gasteiger charge is 2.29. The summed E-state index contributed by atoms with van der Waals surface area (Å²) in [6.45, 7) is 7.28. The van der Waals surface area contributed by atoms with Crippen LogP contribution in [-0.2, 0) is 14.3 Å². The van der Waals surface area contributed by atoms with Gasteiger partial charge in [-0.1, -0.05) is 33.1 Å². The topological polar surface area (TPSA) is 49.9 Å². The van der Waals surface area contributed by atoms with E-state index in [4.69, 9.17) is 4.74 Å². The van der Waals surface area contributed by atoms with Gasteiger partial charge in [0.15, 0.2) is 0 Å². The number of esters is 1. The zero-order chi connectivity index (χ0) is 17.2. The molecule has 1 atom stereocenters. The predicted molar refractivity (Wildman–Crippen MR) is 92.2 cm³/mol. The van der Waals surface area contributed by atoms with Gasteiger partial charge >= 0.3 is 5.97 Å². The van der Waals surface area contributed by atoms with Crippen LogP contribution in [0.2, 0.25) is 0 Å². The van der Waals surface area contributed by atoms with E-state index in [9.17, 15) is 9.59 Å². The molecule has 5 heteroatoms. The maximum absolute atomic E-state index is 12.7. The lowest BCUT2D eigenvalue weighted by Crippen LogP contribution is -2.49. The van der Waals surface area contributed by atoms with E-state index < -0.39 is 0 Å². The second-order valence-corrected chi connectivity index (χ2v) is 6.44. The van der Waals surface area contributed by atoms with E-state index >= 15 is 0 Å². The lowest BCUT2D eigenvalue weighted by atomic mass is 9.94. The van der Waals surface area contributed by atoms with Gasteiger partial charge in [0, 0.05) is 13.1 Å². The number of hydrogen-bond donors (Lipinski definition) is 0. The third-order valence-electron chi connectivity index (χ3n) is 4.75. The lowest BCUT2D eigenvalue weighted by molar-refractivity contribution is -0.150. The molecule has 1 rings (SSSR count). The monoisotopic (exact) mass is 326 g/mol. The summed E-state index contributed by atoms with van der Waals surface area (Å²) in [7, 11) is 1.91. The zero-order valence-corrected chi connectivity index (χ0v) is 15.3. The first-order valence-electron chi connectivity index (χ1n) is 9.21. The minimum atomic E-state index is -0.321. The summed E-state index contributed by atoms with van der Waals surface area (Å²) in [5.74, 6) is -0.0929. The Balaban J connectivity index is 2.68. The van der Waals surface area contributed by atoms with Gasteiger partial charge in [-0.2, -0.15) is 0 Å². The predicted octanol–water partition coefficient (Wildman–Crippen LogP) is 2.83. The third-order valence-corrected chi connectivity index (χ3v) is 4.75. The van der Waals surface area contributed by atoms with Gasteiger partial charge in [0.05, 0.1) is 13.2 Å². The van der Waals surface area contributed by atoms with E-state index in [-0.39, 0.29) is 17.9 Å². The molecule has 0 aromatic heterocycles. The first kappa shape index (κ1) is 19.9. The second kappa shape index (κ2) is 10.6. The average Bonchev–Trinajstić information content (AvgIpc) is 2.56. The molecular formula is C18H34N2O3. The molecule has 0 bridgehead atoms. The molecule has 5 nitrogen and oxygen atoms in total. The molecule has 23 heavy (non-hydrogen) atoms. The Morgan fingerprint density at radius 2 is 1.78 bits per heavy atom. The average molecular weight is 326 g/mol. The Labute approximate surface area is 141 Å². The summed E-state index contributed by atoms with van der Waals surface area (Å²) in [5, 5.41) is 0. The normalized spacial score (nSPS) is 17.1. The quantitative estimate of drug-likeness (QED) is 0.611. The number of rotatable bonds is 9. The zero-order valence-electron chi connectivity index (χ0n) is 15.3. The number of carbonyl (C=O) groups is 2. The highest BCUT2D eigenvalue weighted by atomic mass is 16.5. The number of hydrogen-bond acceptors (Lipinski definition) is 4. The van der Waals surface area contributed by atoms with Gasteiger partial charge in [0.2, 0.25) is 5.91 Å². The van der Waals surface area contributed by atoms with Crippen molar-refractivity contribution < 1.29 is 14.3 Å². The van der Waals surface area contributed by atoms with Crippen LogP contribution >= 0.6 is 0 Å². The van der Waals surface area contributed by atoms with Crippen molar-refractivity contribution in [2.24, 2.45) is 0 Å². The van der Waals surface area contributed by atoms with E-state index in [2.05, 4.69) is 6.92 Å². The van der Waals surface area contributed by atoms with Crippen molar-refractivity contribution in [3.05, 3.63) is 0 Å². The van der Waals surface area contributed by atoms with Crippen molar-refractivity contribution in [2.45, 2.75) is 77.8 Å². The van der Waals surface area contributed by atoms with E-state index in [0.717, 1.165) is 25.8 Å². The Morgan fingerprint density at radius 1 is 1.13 bits per heavy atom. The SMILES string of the molecule is CCCN(CC(=O)N(C)C1CCCCC1)[C@H](CC)C(=O)OCC. The maximum atomic E-state index is 12.7. The van der Waals surface area contributed by atoms with Crippen LogP contribution in [0.15, 0.2) is 0 Å². The summed E-state index contributed by atoms with van der Waals surface area (Å²) >= 11 is 0. The number of nitrogens with zero attached hydrogens (tertiary/aromatic N) is 2. The van der Waals surface area contributed by atoms with Crippen LogP contribution in [0, 0.1) is 0 Å². The standard InChI is InChI=1S/C18H34N2O3/c1-5-13-20(16(6-2)18(22)23-7-3)14-17(21)19(4)15-11-9-8-10-12-15/h15-16H,5-14H2,1-4H3/t16-/m1/s1. The minimum Gasteiger partial charge on any atom is -0.465 e. The Morgan fingerprint density at radius 3 is 2.30 bits per heavy atom. The van der Waals surface area contributed by atoms with Crippen molar-refractivity contribution in [3.8, 4) is 0 Å². The molecule has 1 fully saturated rings. The highest BCUT2D eigenvalue weighted by Crippen LogP contribution is 2.22. The highest BCUT2D eigenvalue weighted by molar-refractivity contribution is 5.80. The van der Waals surface area contributed by atoms with Gasteiger partial charge in [-0.15, -0.1) is 0 Å². The molecule has 1 aliphatic carbocycles. The molecule has 1 amide bonds. The largest absolute Gasteiger partial charge is 0.465 e. The van der Waals surface area contributed by atoms with E-state index in [1.807, 2.05) is 30.7 Å². The van der Waals surface area contributed by atoms with Crippen LogP contribution in [0.25, 0.3) is 0 Å². The Kier molecular flexibility index (Phi) is 9.22. The van der Waals surface area contributed by atoms with Gasteiger partial charge < -0.3 is 9.64 Å². The second-order valence-electron chi connectivity index (χ2n) is 6.44. The van der Waals surface area contributed by atoms with Crippen molar-refractivity contribution in [2.75, 3.05) is 26.7 Å². The summed E-state index contributed by atoms with van der Waals surface area (Å²) in [4.78, 5) is 28.7.